The summed E-state index contributed by atoms with van der Waals surface area (Å²) in [5.41, 5.74) is 2.73. The molecule has 128 valence electrons. The molecule has 3 aromatic rings. The molecule has 0 saturated heterocycles. The van der Waals surface area contributed by atoms with Crippen molar-refractivity contribution in [3.8, 4) is 17.1 Å². The molecule has 1 aromatic heterocycles. The molecule has 5 nitrogen and oxygen atoms in total. The molecule has 0 radical (unpaired) electrons. The van der Waals surface area contributed by atoms with E-state index in [1.54, 1.807) is 26.0 Å². The van der Waals surface area contributed by atoms with Crippen molar-refractivity contribution in [3.05, 3.63) is 65.9 Å². The Labute approximate surface area is 145 Å². The van der Waals surface area contributed by atoms with Crippen molar-refractivity contribution in [2.24, 2.45) is 0 Å². The van der Waals surface area contributed by atoms with Crippen LogP contribution in [0.5, 0.6) is 5.75 Å². The number of nitrogens with one attached hydrogen (secondary N) is 1. The summed E-state index contributed by atoms with van der Waals surface area (Å²) in [6.07, 6.45) is 1.52. The smallest absolute Gasteiger partial charge is 0.339 e. The Morgan fingerprint density at radius 3 is 2.60 bits per heavy atom. The van der Waals surface area contributed by atoms with Gasteiger partial charge in [0.15, 0.2) is 0 Å². The summed E-state index contributed by atoms with van der Waals surface area (Å²) in [6, 6.07) is 14.4. The number of carbonyl (C=O) groups excluding carboxylic acids is 1. The first-order chi connectivity index (χ1) is 12.1. The molecule has 2 N–H and O–H groups in total. The molecule has 0 fully saturated rings. The number of carbonyl (C=O) groups is 1. The lowest BCUT2D eigenvalue weighted by Gasteiger charge is -2.17. The fourth-order valence-corrected chi connectivity index (χ4v) is 2.72. The number of phenols is 1. The fourth-order valence-electron chi connectivity index (χ4n) is 2.72. The van der Waals surface area contributed by atoms with Gasteiger partial charge in [0, 0.05) is 11.3 Å². The van der Waals surface area contributed by atoms with E-state index in [0.717, 1.165) is 5.69 Å². The van der Waals surface area contributed by atoms with Gasteiger partial charge >= 0.3 is 5.97 Å². The first kappa shape index (κ1) is 16.6. The molecule has 0 aliphatic heterocycles. The quantitative estimate of drug-likeness (QED) is 0.513. The van der Waals surface area contributed by atoms with E-state index in [1.807, 2.05) is 30.3 Å². The van der Waals surface area contributed by atoms with Gasteiger partial charge in [-0.15, -0.1) is 0 Å². The molecule has 3 rings (SSSR count). The van der Waals surface area contributed by atoms with Crippen LogP contribution in [0.3, 0.4) is 0 Å². The van der Waals surface area contributed by atoms with Crippen LogP contribution in [0.4, 0.5) is 11.4 Å². The Hall–Kier alpha value is -3.21. The Balaban J connectivity index is 2.15. The van der Waals surface area contributed by atoms with Gasteiger partial charge in [0.1, 0.15) is 11.5 Å². The zero-order chi connectivity index (χ0) is 17.8. The highest BCUT2D eigenvalue weighted by Crippen LogP contribution is 2.39. The predicted molar refractivity (Wildman–Crippen MR) is 96.2 cm³/mol. The second-order valence-electron chi connectivity index (χ2n) is 5.51. The van der Waals surface area contributed by atoms with Crippen LogP contribution in [-0.2, 0) is 4.74 Å². The lowest BCUT2D eigenvalue weighted by Crippen LogP contribution is -2.10. The van der Waals surface area contributed by atoms with Crippen molar-refractivity contribution in [3.63, 3.8) is 0 Å². The monoisotopic (exact) mass is 337 g/mol. The number of anilines is 2. The summed E-state index contributed by atoms with van der Waals surface area (Å²) in [6.45, 7) is 3.78. The minimum atomic E-state index is -0.456. The Morgan fingerprint density at radius 1 is 1.20 bits per heavy atom. The molecule has 5 heteroatoms. The number of hydrogen-bond acceptors (Lipinski definition) is 5. The van der Waals surface area contributed by atoms with E-state index in [1.165, 1.54) is 12.3 Å². The molecule has 0 aliphatic carbocycles. The number of rotatable bonds is 5. The van der Waals surface area contributed by atoms with Crippen LogP contribution in [-0.4, -0.2) is 17.7 Å². The third-order valence-electron chi connectivity index (χ3n) is 3.87. The van der Waals surface area contributed by atoms with Crippen molar-refractivity contribution >= 4 is 17.3 Å². The van der Waals surface area contributed by atoms with Gasteiger partial charge in [-0.1, -0.05) is 18.2 Å². The van der Waals surface area contributed by atoms with Gasteiger partial charge in [-0.2, -0.15) is 0 Å². The lowest BCUT2D eigenvalue weighted by atomic mass is 9.97. The van der Waals surface area contributed by atoms with Crippen LogP contribution in [0.25, 0.3) is 11.3 Å². The van der Waals surface area contributed by atoms with E-state index in [9.17, 15) is 9.90 Å². The molecule has 0 saturated carbocycles. The number of hydrogen-bond donors (Lipinski definition) is 2. The normalized spacial score (nSPS) is 10.5. The number of ether oxygens (including phenoxy) is 1. The third kappa shape index (κ3) is 3.35. The van der Waals surface area contributed by atoms with Crippen LogP contribution >= 0.6 is 0 Å². The van der Waals surface area contributed by atoms with Crippen LogP contribution in [0, 0.1) is 6.92 Å². The van der Waals surface area contributed by atoms with Gasteiger partial charge in [-0.05, 0) is 49.7 Å². The number of furan rings is 1. The summed E-state index contributed by atoms with van der Waals surface area (Å²) in [5, 5.41) is 13.7. The van der Waals surface area contributed by atoms with E-state index >= 15 is 0 Å². The summed E-state index contributed by atoms with van der Waals surface area (Å²) in [4.78, 5) is 12.5. The van der Waals surface area contributed by atoms with Crippen molar-refractivity contribution in [2.45, 2.75) is 13.8 Å². The molecule has 0 aliphatic rings. The van der Waals surface area contributed by atoms with Gasteiger partial charge in [-0.25, -0.2) is 4.79 Å². The number of para-hydroxylation sites is 1. The topological polar surface area (TPSA) is 71.7 Å². The van der Waals surface area contributed by atoms with Crippen molar-refractivity contribution in [1.82, 2.24) is 0 Å². The minimum absolute atomic E-state index is 0.0285. The molecule has 0 unspecified atom stereocenters. The van der Waals surface area contributed by atoms with E-state index < -0.39 is 5.97 Å². The molecule has 0 amide bonds. The molecule has 25 heavy (non-hydrogen) atoms. The van der Waals surface area contributed by atoms with Crippen molar-refractivity contribution in [1.29, 1.82) is 0 Å². The van der Waals surface area contributed by atoms with Crippen LogP contribution in [0.15, 0.2) is 59.2 Å². The SMILES string of the molecule is CCOC(=O)c1c(-c2ccco2)cc(O)c(Nc2ccccc2)c1C. The standard InChI is InChI=1S/C20H19NO4/c1-3-24-20(23)18-13(2)19(21-14-8-5-4-6-9-14)16(22)12-15(18)17-10-7-11-25-17/h4-12,21-22H,3H2,1-2H3. The first-order valence-electron chi connectivity index (χ1n) is 8.01. The molecule has 2 aromatic carbocycles. The average Bonchev–Trinajstić information content (AvgIpc) is 3.13. The molecule has 1 heterocycles. The number of esters is 1. The van der Waals surface area contributed by atoms with Gasteiger partial charge < -0.3 is 19.6 Å². The highest BCUT2D eigenvalue weighted by Gasteiger charge is 2.23. The lowest BCUT2D eigenvalue weighted by molar-refractivity contribution is 0.0526. The molecule has 0 bridgehead atoms. The third-order valence-corrected chi connectivity index (χ3v) is 3.87. The molecule has 0 atom stereocenters. The van der Waals surface area contributed by atoms with Crippen LogP contribution in [0.1, 0.15) is 22.8 Å². The Bertz CT molecular complexity index is 870. The average molecular weight is 337 g/mol. The first-order valence-corrected chi connectivity index (χ1v) is 8.01. The van der Waals surface area contributed by atoms with E-state index in [2.05, 4.69) is 5.32 Å². The zero-order valence-corrected chi connectivity index (χ0v) is 14.1. The van der Waals surface area contributed by atoms with Gasteiger partial charge in [0.25, 0.3) is 0 Å². The van der Waals surface area contributed by atoms with Gasteiger partial charge in [0.05, 0.1) is 24.1 Å². The Kier molecular flexibility index (Phi) is 4.75. The highest BCUT2D eigenvalue weighted by molar-refractivity contribution is 6.01. The number of benzene rings is 2. The Morgan fingerprint density at radius 2 is 1.96 bits per heavy atom. The molecule has 0 spiro atoms. The van der Waals surface area contributed by atoms with Crippen LogP contribution in [0.2, 0.25) is 0 Å². The maximum Gasteiger partial charge on any atom is 0.339 e. The summed E-state index contributed by atoms with van der Waals surface area (Å²) >= 11 is 0. The fraction of sp³-hybridized carbons (Fsp3) is 0.150. The maximum absolute atomic E-state index is 12.5. The maximum atomic E-state index is 12.5. The zero-order valence-electron chi connectivity index (χ0n) is 14.1. The molecular formula is C20H19NO4. The minimum Gasteiger partial charge on any atom is -0.506 e. The summed E-state index contributed by atoms with van der Waals surface area (Å²) in [7, 11) is 0. The largest absolute Gasteiger partial charge is 0.506 e. The van der Waals surface area contributed by atoms with Crippen LogP contribution < -0.4 is 5.32 Å². The van der Waals surface area contributed by atoms with Crippen molar-refractivity contribution in [2.75, 3.05) is 11.9 Å². The highest BCUT2D eigenvalue weighted by atomic mass is 16.5. The van der Waals surface area contributed by atoms with Gasteiger partial charge in [0.2, 0.25) is 0 Å². The predicted octanol–water partition coefficient (Wildman–Crippen LogP) is 4.88. The van der Waals surface area contributed by atoms with E-state index in [0.29, 0.717) is 28.1 Å². The summed E-state index contributed by atoms with van der Waals surface area (Å²) in [5.74, 6) is 0.0658. The summed E-state index contributed by atoms with van der Waals surface area (Å²) < 4.78 is 10.6. The van der Waals surface area contributed by atoms with Crippen molar-refractivity contribution < 1.29 is 19.1 Å². The molecular weight excluding hydrogens is 318 g/mol. The second kappa shape index (κ2) is 7.13. The number of aromatic hydroxyl groups is 1. The second-order valence-corrected chi connectivity index (χ2v) is 5.51. The van der Waals surface area contributed by atoms with E-state index in [4.69, 9.17) is 9.15 Å². The van der Waals surface area contributed by atoms with Gasteiger partial charge in [-0.3, -0.25) is 0 Å². The van der Waals surface area contributed by atoms with E-state index in [-0.39, 0.29) is 12.4 Å². The number of phenolic OH excluding ortho intramolecular Hbond substituents is 1.